The van der Waals surface area contributed by atoms with Gasteiger partial charge in [-0.25, -0.2) is 8.42 Å². The number of aromatic nitrogens is 1. The molecule has 0 saturated heterocycles. The van der Waals surface area contributed by atoms with Gasteiger partial charge in [0, 0.05) is 40.9 Å². The molecule has 8 heteroatoms. The van der Waals surface area contributed by atoms with E-state index in [2.05, 4.69) is 10.3 Å². The predicted molar refractivity (Wildman–Crippen MR) is 111 cm³/mol. The number of aromatic amines is 1. The fraction of sp³-hybridized carbons (Fsp3) is 0.250. The van der Waals surface area contributed by atoms with Gasteiger partial charge in [-0.15, -0.1) is 0 Å². The van der Waals surface area contributed by atoms with E-state index in [1.807, 2.05) is 36.5 Å². The Kier molecular flexibility index (Phi) is 4.91. The molecular weight excluding hydrogens is 398 g/mol. The maximum Gasteiger partial charge on any atom is 0.228 e. The van der Waals surface area contributed by atoms with Crippen molar-refractivity contribution >= 4 is 44.1 Å². The van der Waals surface area contributed by atoms with Gasteiger partial charge in [-0.1, -0.05) is 29.8 Å². The van der Waals surface area contributed by atoms with E-state index in [-0.39, 0.29) is 12.3 Å². The van der Waals surface area contributed by atoms with Gasteiger partial charge in [0.2, 0.25) is 15.9 Å². The lowest BCUT2D eigenvalue weighted by Gasteiger charge is -2.28. The number of amides is 1. The molecule has 0 unspecified atom stereocenters. The topological polar surface area (TPSA) is 82.3 Å². The number of fused-ring (bicyclic) bond motifs is 2. The monoisotopic (exact) mass is 417 g/mol. The van der Waals surface area contributed by atoms with E-state index in [9.17, 15) is 13.2 Å². The van der Waals surface area contributed by atoms with Gasteiger partial charge in [-0.2, -0.15) is 4.31 Å². The highest BCUT2D eigenvalue weighted by Crippen LogP contribution is 2.28. The number of nitrogens with zero attached hydrogens (tertiary/aromatic N) is 1. The first-order valence-corrected chi connectivity index (χ1v) is 11.1. The van der Waals surface area contributed by atoms with Crippen molar-refractivity contribution in [2.45, 2.75) is 19.4 Å². The first-order valence-electron chi connectivity index (χ1n) is 8.92. The van der Waals surface area contributed by atoms with E-state index in [4.69, 9.17) is 11.6 Å². The highest BCUT2D eigenvalue weighted by molar-refractivity contribution is 7.88. The van der Waals surface area contributed by atoms with Crippen molar-refractivity contribution in [3.63, 3.8) is 0 Å². The standard InChI is InChI=1S/C20H20ClN3O3S/c1-28(26,27)24-8-7-17-13(12-24)3-2-4-18(17)23-20(25)9-14-11-22-19-10-15(21)5-6-16(14)19/h2-6,10-11,22H,7-9,12H2,1H3,(H,23,25). The molecule has 28 heavy (non-hydrogen) atoms. The largest absolute Gasteiger partial charge is 0.361 e. The van der Waals surface area contributed by atoms with Crippen molar-refractivity contribution in [3.8, 4) is 0 Å². The molecule has 0 atom stereocenters. The Morgan fingerprint density at radius 2 is 2.11 bits per heavy atom. The minimum Gasteiger partial charge on any atom is -0.361 e. The summed E-state index contributed by atoms with van der Waals surface area (Å²) in [4.78, 5) is 15.8. The lowest BCUT2D eigenvalue weighted by molar-refractivity contribution is -0.115. The van der Waals surface area contributed by atoms with Crippen molar-refractivity contribution in [1.29, 1.82) is 0 Å². The first-order chi connectivity index (χ1) is 13.3. The summed E-state index contributed by atoms with van der Waals surface area (Å²) in [5, 5.41) is 4.60. The third-order valence-electron chi connectivity index (χ3n) is 5.05. The number of hydrogen-bond donors (Lipinski definition) is 2. The zero-order chi connectivity index (χ0) is 19.9. The zero-order valence-corrected chi connectivity index (χ0v) is 16.9. The third-order valence-corrected chi connectivity index (χ3v) is 6.54. The molecule has 1 aromatic heterocycles. The van der Waals surface area contributed by atoms with Crippen LogP contribution in [0.3, 0.4) is 0 Å². The summed E-state index contributed by atoms with van der Waals surface area (Å²) >= 11 is 6.01. The van der Waals surface area contributed by atoms with Crippen molar-refractivity contribution in [2.24, 2.45) is 0 Å². The van der Waals surface area contributed by atoms with Crippen molar-refractivity contribution in [2.75, 3.05) is 18.1 Å². The van der Waals surface area contributed by atoms with Crippen LogP contribution in [-0.4, -0.2) is 36.4 Å². The number of H-pyrrole nitrogens is 1. The van der Waals surface area contributed by atoms with Gasteiger partial charge in [0.15, 0.2) is 0 Å². The predicted octanol–water partition coefficient (Wildman–Crippen LogP) is 3.32. The normalized spacial score (nSPS) is 14.8. The van der Waals surface area contributed by atoms with Gasteiger partial charge in [-0.3, -0.25) is 4.79 Å². The maximum atomic E-state index is 12.6. The molecule has 0 bridgehead atoms. The van der Waals surface area contributed by atoms with Crippen LogP contribution in [0, 0.1) is 0 Å². The molecule has 0 spiro atoms. The number of carbonyl (C=O) groups excluding carboxylic acids is 1. The molecule has 2 N–H and O–H groups in total. The summed E-state index contributed by atoms with van der Waals surface area (Å²) < 4.78 is 25.1. The Hall–Kier alpha value is -2.35. The van der Waals surface area contributed by atoms with Gasteiger partial charge in [-0.05, 0) is 41.3 Å². The second-order valence-electron chi connectivity index (χ2n) is 7.02. The second-order valence-corrected chi connectivity index (χ2v) is 9.44. The molecule has 6 nitrogen and oxygen atoms in total. The van der Waals surface area contributed by atoms with Gasteiger partial charge in [0.25, 0.3) is 0 Å². The lowest BCUT2D eigenvalue weighted by Crippen LogP contribution is -2.35. The molecule has 146 valence electrons. The summed E-state index contributed by atoms with van der Waals surface area (Å²) in [6, 6.07) is 11.2. The van der Waals surface area contributed by atoms with Crippen LogP contribution >= 0.6 is 11.6 Å². The number of sulfonamides is 1. The Labute approximate surface area is 168 Å². The highest BCUT2D eigenvalue weighted by atomic mass is 35.5. The van der Waals surface area contributed by atoms with E-state index in [0.717, 1.165) is 33.3 Å². The van der Waals surface area contributed by atoms with Crippen LogP contribution in [0.25, 0.3) is 10.9 Å². The van der Waals surface area contributed by atoms with E-state index in [0.29, 0.717) is 24.5 Å². The molecule has 1 amide bonds. The SMILES string of the molecule is CS(=O)(=O)N1CCc2c(cccc2NC(=O)Cc2c[nH]c3cc(Cl)ccc23)C1. The Morgan fingerprint density at radius 3 is 2.89 bits per heavy atom. The Balaban J connectivity index is 1.52. The van der Waals surface area contributed by atoms with Crippen LogP contribution in [0.5, 0.6) is 0 Å². The minimum absolute atomic E-state index is 0.116. The molecule has 1 aliphatic heterocycles. The summed E-state index contributed by atoms with van der Waals surface area (Å²) in [5.74, 6) is -0.116. The van der Waals surface area contributed by atoms with Crippen LogP contribution in [0.2, 0.25) is 5.02 Å². The molecular formula is C20H20ClN3O3S. The molecule has 1 aliphatic rings. The molecule has 0 fully saturated rings. The van der Waals surface area contributed by atoms with Gasteiger partial charge in [0.1, 0.15) is 0 Å². The molecule has 2 heterocycles. The van der Waals surface area contributed by atoms with Gasteiger partial charge < -0.3 is 10.3 Å². The molecule has 0 radical (unpaired) electrons. The number of halogens is 1. The number of benzene rings is 2. The number of carbonyl (C=O) groups is 1. The molecule has 4 rings (SSSR count). The average molecular weight is 418 g/mol. The number of anilines is 1. The van der Waals surface area contributed by atoms with E-state index in [1.165, 1.54) is 10.6 Å². The fourth-order valence-corrected chi connectivity index (χ4v) is 4.62. The fourth-order valence-electron chi connectivity index (χ4n) is 3.66. The number of rotatable bonds is 4. The van der Waals surface area contributed by atoms with Crippen LogP contribution in [0.15, 0.2) is 42.6 Å². The van der Waals surface area contributed by atoms with Crippen LogP contribution in [-0.2, 0) is 34.2 Å². The highest BCUT2D eigenvalue weighted by Gasteiger charge is 2.25. The zero-order valence-electron chi connectivity index (χ0n) is 15.3. The lowest BCUT2D eigenvalue weighted by atomic mass is 9.99. The summed E-state index contributed by atoms with van der Waals surface area (Å²) in [7, 11) is -3.23. The number of nitrogens with one attached hydrogen (secondary N) is 2. The average Bonchev–Trinajstić information content (AvgIpc) is 3.02. The molecule has 0 saturated carbocycles. The van der Waals surface area contributed by atoms with E-state index in [1.54, 1.807) is 6.07 Å². The van der Waals surface area contributed by atoms with Crippen LogP contribution < -0.4 is 5.32 Å². The Bertz CT molecular complexity index is 1170. The Morgan fingerprint density at radius 1 is 1.29 bits per heavy atom. The van der Waals surface area contributed by atoms with E-state index >= 15 is 0 Å². The number of hydrogen-bond acceptors (Lipinski definition) is 3. The van der Waals surface area contributed by atoms with Crippen molar-refractivity contribution in [3.05, 3.63) is 64.3 Å². The third kappa shape index (κ3) is 3.78. The van der Waals surface area contributed by atoms with E-state index < -0.39 is 10.0 Å². The molecule has 2 aromatic carbocycles. The van der Waals surface area contributed by atoms with Gasteiger partial charge in [0.05, 0.1) is 12.7 Å². The van der Waals surface area contributed by atoms with Crippen molar-refractivity contribution in [1.82, 2.24) is 9.29 Å². The smallest absolute Gasteiger partial charge is 0.228 e. The van der Waals surface area contributed by atoms with Crippen LogP contribution in [0.1, 0.15) is 16.7 Å². The minimum atomic E-state index is -3.23. The summed E-state index contributed by atoms with van der Waals surface area (Å²) in [6.45, 7) is 0.753. The van der Waals surface area contributed by atoms with Crippen molar-refractivity contribution < 1.29 is 13.2 Å². The maximum absolute atomic E-state index is 12.6. The van der Waals surface area contributed by atoms with Gasteiger partial charge >= 0.3 is 0 Å². The summed E-state index contributed by atoms with van der Waals surface area (Å²) in [5.41, 5.74) is 4.47. The summed E-state index contributed by atoms with van der Waals surface area (Å²) in [6.07, 6.45) is 3.86. The first kappa shape index (κ1) is 19.0. The van der Waals surface area contributed by atoms with Crippen LogP contribution in [0.4, 0.5) is 5.69 Å². The molecule has 3 aromatic rings. The quantitative estimate of drug-likeness (QED) is 0.683. The molecule has 0 aliphatic carbocycles. The second kappa shape index (κ2) is 7.24.